The third kappa shape index (κ3) is 11.0. The van der Waals surface area contributed by atoms with Crippen LogP contribution in [0.15, 0.2) is 29.3 Å². The van der Waals surface area contributed by atoms with Gasteiger partial charge in [-0.2, -0.15) is 13.2 Å². The van der Waals surface area contributed by atoms with Crippen LogP contribution >= 0.6 is 24.0 Å². The number of halogens is 4. The summed E-state index contributed by atoms with van der Waals surface area (Å²) in [7, 11) is 1.13. The number of carbonyl (C=O) groups is 1. The van der Waals surface area contributed by atoms with Crippen molar-refractivity contribution in [2.75, 3.05) is 39.8 Å². The van der Waals surface area contributed by atoms with Crippen molar-refractivity contribution in [3.63, 3.8) is 0 Å². The fourth-order valence-corrected chi connectivity index (χ4v) is 3.29. The third-order valence-corrected chi connectivity index (χ3v) is 4.89. The number of hydrogen-bond acceptors (Lipinski definition) is 3. The quantitative estimate of drug-likeness (QED) is 0.294. The molecule has 0 aromatic heterocycles. The van der Waals surface area contributed by atoms with E-state index >= 15 is 0 Å². The maximum atomic E-state index is 12.4. The monoisotopic (exact) mass is 555 g/mol. The van der Waals surface area contributed by atoms with Crippen LogP contribution < -0.4 is 10.6 Å². The molecule has 0 unspecified atom stereocenters. The Hall–Kier alpha value is -1.56. The normalized spacial score (nSPS) is 15.2. The van der Waals surface area contributed by atoms with Gasteiger partial charge >= 0.3 is 6.18 Å². The van der Waals surface area contributed by atoms with Crippen molar-refractivity contribution in [3.8, 4) is 0 Å². The van der Waals surface area contributed by atoms with Crippen molar-refractivity contribution in [2.45, 2.75) is 45.5 Å². The Kier molecular flexibility index (Phi) is 12.2. The van der Waals surface area contributed by atoms with E-state index in [-0.39, 0.29) is 30.5 Å². The second kappa shape index (κ2) is 13.8. The molecule has 1 aromatic rings. The van der Waals surface area contributed by atoms with Gasteiger partial charge in [-0.3, -0.25) is 9.69 Å². The van der Waals surface area contributed by atoms with Gasteiger partial charge in [0.05, 0.1) is 13.1 Å². The van der Waals surface area contributed by atoms with Crippen molar-refractivity contribution in [1.82, 2.24) is 20.4 Å². The van der Waals surface area contributed by atoms with Crippen molar-refractivity contribution in [3.05, 3.63) is 35.4 Å². The summed E-state index contributed by atoms with van der Waals surface area (Å²) >= 11 is 0. The molecule has 1 amide bonds. The summed E-state index contributed by atoms with van der Waals surface area (Å²) in [6.07, 6.45) is -0.564. The average molecular weight is 555 g/mol. The fourth-order valence-electron chi connectivity index (χ4n) is 3.29. The van der Waals surface area contributed by atoms with Gasteiger partial charge in [0.25, 0.3) is 0 Å². The number of aliphatic imine (C=N–C) groups is 1. The molecule has 2 rings (SSSR count). The third-order valence-electron chi connectivity index (χ3n) is 4.89. The molecule has 0 saturated carbocycles. The van der Waals surface area contributed by atoms with Crippen molar-refractivity contribution in [2.24, 2.45) is 4.99 Å². The van der Waals surface area contributed by atoms with Crippen LogP contribution in [0.1, 0.15) is 37.3 Å². The van der Waals surface area contributed by atoms with Gasteiger partial charge in [-0.1, -0.05) is 30.7 Å². The number of carbonyl (C=O) groups excluding carboxylic acids is 1. The summed E-state index contributed by atoms with van der Waals surface area (Å²) in [5.41, 5.74) is 2.29. The average Bonchev–Trinajstić information content (AvgIpc) is 2.70. The Bertz CT molecular complexity index is 691. The van der Waals surface area contributed by atoms with Gasteiger partial charge in [0.1, 0.15) is 6.54 Å². The lowest BCUT2D eigenvalue weighted by Gasteiger charge is -2.26. The highest BCUT2D eigenvalue weighted by Crippen LogP contribution is 2.15. The Labute approximate surface area is 199 Å². The van der Waals surface area contributed by atoms with E-state index < -0.39 is 18.6 Å². The second-order valence-corrected chi connectivity index (χ2v) is 7.57. The molecule has 1 aliphatic heterocycles. The Morgan fingerprint density at radius 1 is 1.10 bits per heavy atom. The summed E-state index contributed by atoms with van der Waals surface area (Å²) in [4.78, 5) is 19.4. The number of benzene rings is 1. The molecule has 176 valence electrons. The van der Waals surface area contributed by atoms with Crippen molar-refractivity contribution < 1.29 is 18.0 Å². The molecule has 1 heterocycles. The summed E-state index contributed by atoms with van der Waals surface area (Å²) in [5, 5.41) is 5.80. The van der Waals surface area contributed by atoms with Crippen LogP contribution in [-0.2, 0) is 17.9 Å². The Balaban J connectivity index is 0.00000480. The molecule has 0 bridgehead atoms. The number of likely N-dealkylation sites (N-methyl/N-ethyl adjacent to an activating group) is 1. The molecule has 1 aromatic carbocycles. The minimum atomic E-state index is -4.41. The van der Waals surface area contributed by atoms with Crippen LogP contribution in [0, 0.1) is 0 Å². The first-order chi connectivity index (χ1) is 14.3. The maximum Gasteiger partial charge on any atom is 0.406 e. The summed E-state index contributed by atoms with van der Waals surface area (Å²) < 4.78 is 37.2. The number of alkyl halides is 3. The molecule has 0 atom stereocenters. The lowest BCUT2D eigenvalue weighted by atomic mass is 10.1. The minimum Gasteiger partial charge on any atom is -0.357 e. The van der Waals surface area contributed by atoms with Gasteiger partial charge in [0.2, 0.25) is 5.91 Å². The number of amides is 1. The molecular formula is C21H33F3IN5O. The molecule has 1 fully saturated rings. The lowest BCUT2D eigenvalue weighted by molar-refractivity contribution is -0.157. The summed E-state index contributed by atoms with van der Waals surface area (Å²) in [5.74, 6) is -0.261. The molecule has 2 N–H and O–H groups in total. The Morgan fingerprint density at radius 3 is 2.29 bits per heavy atom. The van der Waals surface area contributed by atoms with E-state index in [9.17, 15) is 18.0 Å². The first-order valence-electron chi connectivity index (χ1n) is 10.4. The predicted octanol–water partition coefficient (Wildman–Crippen LogP) is 3.37. The van der Waals surface area contributed by atoms with Gasteiger partial charge < -0.3 is 15.5 Å². The van der Waals surface area contributed by atoms with Crippen LogP contribution in [0.5, 0.6) is 0 Å². The van der Waals surface area contributed by atoms with Crippen LogP contribution in [-0.4, -0.2) is 67.6 Å². The number of nitrogens with zero attached hydrogens (tertiary/aromatic N) is 3. The standard InChI is InChI=1S/C21H32F3N5O.HI/c1-3-25-20(27-14-19(30)28(2)16-21(22,23)24)26-13-17-7-9-18(10-8-17)15-29-11-5-4-6-12-29;/h7-10H,3-6,11-16H2,1-2H3,(H2,25,26,27);1H. The molecule has 0 spiro atoms. The van der Waals surface area contributed by atoms with Crippen LogP contribution in [0.2, 0.25) is 0 Å². The van der Waals surface area contributed by atoms with E-state index in [1.807, 2.05) is 19.1 Å². The highest BCUT2D eigenvalue weighted by atomic mass is 127. The van der Waals surface area contributed by atoms with E-state index in [0.29, 0.717) is 23.9 Å². The van der Waals surface area contributed by atoms with Crippen LogP contribution in [0.3, 0.4) is 0 Å². The van der Waals surface area contributed by atoms with E-state index in [1.54, 1.807) is 0 Å². The predicted molar refractivity (Wildman–Crippen MR) is 127 cm³/mol. The van der Waals surface area contributed by atoms with Gasteiger partial charge in [0, 0.05) is 20.1 Å². The van der Waals surface area contributed by atoms with Crippen molar-refractivity contribution >= 4 is 35.8 Å². The van der Waals surface area contributed by atoms with Crippen LogP contribution in [0.4, 0.5) is 13.2 Å². The fraction of sp³-hybridized carbons (Fsp3) is 0.619. The summed E-state index contributed by atoms with van der Waals surface area (Å²) in [6.45, 7) is 4.60. The smallest absolute Gasteiger partial charge is 0.357 e. The van der Waals surface area contributed by atoms with Crippen LogP contribution in [0.25, 0.3) is 0 Å². The zero-order valence-corrected chi connectivity index (χ0v) is 20.5. The second-order valence-electron chi connectivity index (χ2n) is 7.57. The first-order valence-corrected chi connectivity index (χ1v) is 10.4. The zero-order chi connectivity index (χ0) is 22.0. The maximum absolute atomic E-state index is 12.4. The topological polar surface area (TPSA) is 60.0 Å². The van der Waals surface area contributed by atoms with Gasteiger partial charge in [-0.15, -0.1) is 24.0 Å². The highest BCUT2D eigenvalue weighted by molar-refractivity contribution is 14.0. The number of piperidine rings is 1. The molecule has 0 radical (unpaired) electrons. The van der Waals surface area contributed by atoms with E-state index in [1.165, 1.54) is 24.8 Å². The zero-order valence-electron chi connectivity index (χ0n) is 18.2. The number of hydrogen-bond donors (Lipinski definition) is 2. The largest absolute Gasteiger partial charge is 0.406 e. The lowest BCUT2D eigenvalue weighted by Crippen LogP contribution is -2.45. The Morgan fingerprint density at radius 2 is 1.71 bits per heavy atom. The molecule has 31 heavy (non-hydrogen) atoms. The van der Waals surface area contributed by atoms with Gasteiger partial charge in [0.15, 0.2) is 5.96 Å². The van der Waals surface area contributed by atoms with E-state index in [2.05, 4.69) is 32.7 Å². The SMILES string of the molecule is CCNC(=NCc1ccc(CN2CCCCC2)cc1)NCC(=O)N(C)CC(F)(F)F.I. The molecule has 1 saturated heterocycles. The first kappa shape index (κ1) is 27.5. The summed E-state index contributed by atoms with van der Waals surface area (Å²) in [6, 6.07) is 8.29. The van der Waals surface area contributed by atoms with Gasteiger partial charge in [-0.05, 0) is 44.0 Å². The number of likely N-dealkylation sites (tertiary alicyclic amines) is 1. The molecule has 6 nitrogen and oxygen atoms in total. The molecule has 1 aliphatic rings. The number of nitrogens with one attached hydrogen (secondary N) is 2. The van der Waals surface area contributed by atoms with Gasteiger partial charge in [-0.25, -0.2) is 4.99 Å². The molecule has 10 heteroatoms. The number of guanidine groups is 1. The molecule has 0 aliphatic carbocycles. The van der Waals surface area contributed by atoms with Crippen molar-refractivity contribution in [1.29, 1.82) is 0 Å². The highest BCUT2D eigenvalue weighted by Gasteiger charge is 2.31. The van der Waals surface area contributed by atoms with E-state index in [4.69, 9.17) is 0 Å². The van der Waals surface area contributed by atoms with E-state index in [0.717, 1.165) is 32.2 Å². The molecular weight excluding hydrogens is 522 g/mol. The number of rotatable bonds is 8. The minimum absolute atomic E-state index is 0.